The van der Waals surface area contributed by atoms with Crippen molar-refractivity contribution in [2.75, 3.05) is 44.4 Å². The number of hydrogen-bond donors (Lipinski definition) is 2. The first-order valence-corrected chi connectivity index (χ1v) is 9.95. The lowest BCUT2D eigenvalue weighted by Gasteiger charge is -2.21. The zero-order valence-corrected chi connectivity index (χ0v) is 18.1. The fourth-order valence-electron chi connectivity index (χ4n) is 2.93. The molecular weight excluding hydrogens is 380 g/mol. The molecule has 0 aliphatic heterocycles. The minimum atomic E-state index is -0.258. The molecule has 0 heterocycles. The summed E-state index contributed by atoms with van der Waals surface area (Å²) in [4.78, 5) is 39.9. The first-order valence-electron chi connectivity index (χ1n) is 9.95. The Morgan fingerprint density at radius 3 is 2.13 bits per heavy atom. The van der Waals surface area contributed by atoms with Crippen molar-refractivity contribution in [3.63, 3.8) is 0 Å². The Bertz CT molecular complexity index is 880. The Balaban J connectivity index is 1.79. The van der Waals surface area contributed by atoms with Crippen LogP contribution in [-0.4, -0.2) is 61.3 Å². The number of aryl methyl sites for hydroxylation is 2. The van der Waals surface area contributed by atoms with Crippen LogP contribution in [0.4, 0.5) is 11.4 Å². The van der Waals surface area contributed by atoms with Gasteiger partial charge in [-0.1, -0.05) is 42.8 Å². The van der Waals surface area contributed by atoms with Crippen LogP contribution in [0.15, 0.2) is 48.5 Å². The smallest absolute Gasteiger partial charge is 0.243 e. The average molecular weight is 411 g/mol. The molecule has 0 atom stereocenters. The second kappa shape index (κ2) is 11.1. The summed E-state index contributed by atoms with van der Waals surface area (Å²) >= 11 is 0. The van der Waals surface area contributed by atoms with Crippen LogP contribution in [0.5, 0.6) is 0 Å². The fraction of sp³-hybridized carbons (Fsp3) is 0.348. The number of para-hydroxylation sites is 1. The molecular formula is C23H30N4O3. The molecule has 0 radical (unpaired) electrons. The lowest BCUT2D eigenvalue weighted by atomic mass is 10.1. The van der Waals surface area contributed by atoms with Gasteiger partial charge in [-0.3, -0.25) is 19.3 Å². The van der Waals surface area contributed by atoms with Gasteiger partial charge in [-0.15, -0.1) is 0 Å². The molecule has 0 fully saturated rings. The Morgan fingerprint density at radius 1 is 0.833 bits per heavy atom. The van der Waals surface area contributed by atoms with Crippen molar-refractivity contribution in [3.05, 3.63) is 59.7 Å². The first-order chi connectivity index (χ1) is 14.3. The van der Waals surface area contributed by atoms with Gasteiger partial charge in [-0.2, -0.15) is 0 Å². The van der Waals surface area contributed by atoms with Gasteiger partial charge >= 0.3 is 0 Å². The second-order valence-corrected chi connectivity index (χ2v) is 7.40. The number of rotatable bonds is 9. The van der Waals surface area contributed by atoms with E-state index in [0.29, 0.717) is 5.69 Å². The maximum Gasteiger partial charge on any atom is 0.243 e. The summed E-state index contributed by atoms with van der Waals surface area (Å²) < 4.78 is 0. The molecule has 2 aromatic rings. The topological polar surface area (TPSA) is 81.8 Å². The third kappa shape index (κ3) is 7.33. The number of benzene rings is 2. The van der Waals surface area contributed by atoms with E-state index >= 15 is 0 Å². The lowest BCUT2D eigenvalue weighted by Crippen LogP contribution is -2.42. The largest absolute Gasteiger partial charge is 0.335 e. The highest BCUT2D eigenvalue weighted by molar-refractivity contribution is 5.95. The van der Waals surface area contributed by atoms with Gasteiger partial charge in [0.2, 0.25) is 17.7 Å². The second-order valence-electron chi connectivity index (χ2n) is 7.40. The normalized spacial score (nSPS) is 10.6. The van der Waals surface area contributed by atoms with Crippen LogP contribution >= 0.6 is 0 Å². The Hall–Kier alpha value is -3.19. The van der Waals surface area contributed by atoms with Crippen molar-refractivity contribution < 1.29 is 14.4 Å². The molecule has 0 aliphatic rings. The lowest BCUT2D eigenvalue weighted by molar-refractivity contribution is -0.134. The zero-order chi connectivity index (χ0) is 22.1. The van der Waals surface area contributed by atoms with Crippen molar-refractivity contribution in [1.29, 1.82) is 0 Å². The third-order valence-electron chi connectivity index (χ3n) is 4.63. The number of hydrogen-bond acceptors (Lipinski definition) is 4. The maximum absolute atomic E-state index is 12.4. The Morgan fingerprint density at radius 2 is 1.47 bits per heavy atom. The van der Waals surface area contributed by atoms with Crippen LogP contribution in [0.1, 0.15) is 18.1 Å². The summed E-state index contributed by atoms with van der Waals surface area (Å²) in [6.07, 6.45) is 0.806. The van der Waals surface area contributed by atoms with E-state index in [0.717, 1.165) is 23.2 Å². The van der Waals surface area contributed by atoms with Gasteiger partial charge in [-0.25, -0.2) is 0 Å². The predicted molar refractivity (Wildman–Crippen MR) is 119 cm³/mol. The van der Waals surface area contributed by atoms with E-state index in [9.17, 15) is 14.4 Å². The molecule has 0 aromatic heterocycles. The van der Waals surface area contributed by atoms with E-state index in [1.165, 1.54) is 4.90 Å². The Kier molecular flexibility index (Phi) is 8.55. The van der Waals surface area contributed by atoms with E-state index in [2.05, 4.69) is 10.6 Å². The molecule has 30 heavy (non-hydrogen) atoms. The molecule has 2 N–H and O–H groups in total. The molecule has 0 saturated carbocycles. The van der Waals surface area contributed by atoms with Crippen molar-refractivity contribution in [2.24, 2.45) is 0 Å². The highest BCUT2D eigenvalue weighted by Crippen LogP contribution is 2.15. The SMILES string of the molecule is CCc1ccccc1NC(=O)CN(C)C(=O)CN(C)CC(=O)Nc1ccc(C)cc1. The van der Waals surface area contributed by atoms with Gasteiger partial charge in [0, 0.05) is 18.4 Å². The zero-order valence-electron chi connectivity index (χ0n) is 18.1. The highest BCUT2D eigenvalue weighted by Gasteiger charge is 2.17. The molecule has 0 bridgehead atoms. The monoisotopic (exact) mass is 410 g/mol. The van der Waals surface area contributed by atoms with Crippen LogP contribution in [0.3, 0.4) is 0 Å². The van der Waals surface area contributed by atoms with Crippen molar-refractivity contribution >= 4 is 29.1 Å². The molecule has 7 heteroatoms. The van der Waals surface area contributed by atoms with Gasteiger partial charge in [0.1, 0.15) is 0 Å². The summed E-state index contributed by atoms with van der Waals surface area (Å²) in [5, 5.41) is 5.66. The van der Waals surface area contributed by atoms with E-state index in [1.54, 1.807) is 19.0 Å². The van der Waals surface area contributed by atoms with Gasteiger partial charge in [-0.05, 0) is 44.2 Å². The first kappa shape index (κ1) is 23.1. The molecule has 7 nitrogen and oxygen atoms in total. The number of likely N-dealkylation sites (N-methyl/N-ethyl adjacent to an activating group) is 2. The predicted octanol–water partition coefficient (Wildman–Crippen LogP) is 2.52. The van der Waals surface area contributed by atoms with Crippen LogP contribution in [0.2, 0.25) is 0 Å². The van der Waals surface area contributed by atoms with Crippen LogP contribution in [0.25, 0.3) is 0 Å². The minimum absolute atomic E-state index is 0.0383. The van der Waals surface area contributed by atoms with Gasteiger partial charge in [0.15, 0.2) is 0 Å². The minimum Gasteiger partial charge on any atom is -0.335 e. The van der Waals surface area contributed by atoms with Gasteiger partial charge in [0.05, 0.1) is 19.6 Å². The molecule has 160 valence electrons. The molecule has 0 aliphatic carbocycles. The van der Waals surface area contributed by atoms with E-state index in [4.69, 9.17) is 0 Å². The standard InChI is InChI=1S/C23H30N4O3/c1-5-18-8-6-7-9-20(18)25-22(29)15-27(4)23(30)16-26(3)14-21(28)24-19-12-10-17(2)11-13-19/h6-13H,5,14-16H2,1-4H3,(H,24,28)(H,25,29). The summed E-state index contributed by atoms with van der Waals surface area (Å²) in [5.41, 5.74) is 3.63. The molecule has 2 rings (SSSR count). The maximum atomic E-state index is 12.4. The van der Waals surface area contributed by atoms with Crippen LogP contribution in [-0.2, 0) is 20.8 Å². The van der Waals surface area contributed by atoms with Crippen molar-refractivity contribution in [3.8, 4) is 0 Å². The van der Waals surface area contributed by atoms with Gasteiger partial charge < -0.3 is 15.5 Å². The number of carbonyl (C=O) groups is 3. The van der Waals surface area contributed by atoms with E-state index < -0.39 is 0 Å². The van der Waals surface area contributed by atoms with E-state index in [1.807, 2.05) is 62.4 Å². The van der Waals surface area contributed by atoms with E-state index in [-0.39, 0.29) is 37.4 Å². The van der Waals surface area contributed by atoms with Gasteiger partial charge in [0.25, 0.3) is 0 Å². The number of nitrogens with zero attached hydrogens (tertiary/aromatic N) is 2. The quantitative estimate of drug-likeness (QED) is 0.666. The number of carbonyl (C=O) groups excluding carboxylic acids is 3. The third-order valence-corrected chi connectivity index (χ3v) is 4.63. The van der Waals surface area contributed by atoms with Crippen LogP contribution in [0, 0.1) is 6.92 Å². The molecule has 0 saturated heterocycles. The molecule has 0 unspecified atom stereocenters. The molecule has 2 aromatic carbocycles. The summed E-state index contributed by atoms with van der Waals surface area (Å²) in [6, 6.07) is 15.1. The van der Waals surface area contributed by atoms with Crippen LogP contribution < -0.4 is 10.6 Å². The number of amides is 3. The van der Waals surface area contributed by atoms with Crippen molar-refractivity contribution in [1.82, 2.24) is 9.80 Å². The highest BCUT2D eigenvalue weighted by atomic mass is 16.2. The fourth-order valence-corrected chi connectivity index (χ4v) is 2.93. The van der Waals surface area contributed by atoms with Crippen molar-refractivity contribution in [2.45, 2.75) is 20.3 Å². The summed E-state index contributed by atoms with van der Waals surface area (Å²) in [6.45, 7) is 4.05. The molecule has 3 amide bonds. The molecule has 0 spiro atoms. The summed E-state index contributed by atoms with van der Waals surface area (Å²) in [5.74, 6) is -0.697. The summed E-state index contributed by atoms with van der Waals surface area (Å²) in [7, 11) is 3.27. The number of anilines is 2. The Labute approximate surface area is 178 Å². The average Bonchev–Trinajstić information content (AvgIpc) is 2.69. The number of nitrogens with one attached hydrogen (secondary N) is 2.